The lowest BCUT2D eigenvalue weighted by Crippen LogP contribution is -2.77. The zero-order valence-corrected chi connectivity index (χ0v) is 3.07. The summed E-state index contributed by atoms with van der Waals surface area (Å²) in [4.78, 5) is 0. The van der Waals surface area contributed by atoms with Gasteiger partial charge in [-0.05, 0) is 0 Å². The number of rotatable bonds is 0. The predicted molar refractivity (Wildman–Crippen MR) is 19.0 cm³/mol. The van der Waals surface area contributed by atoms with Gasteiger partial charge in [-0.3, -0.25) is 0 Å². The van der Waals surface area contributed by atoms with Gasteiger partial charge in [0, 0.05) is 0 Å². The van der Waals surface area contributed by atoms with E-state index < -0.39 is 0 Å². The minimum atomic E-state index is 1.21. The average molecular weight is 69.1 g/mol. The van der Waals surface area contributed by atoms with Gasteiger partial charge < -0.3 is 11.9 Å². The molecule has 1 saturated heterocycles. The van der Waals surface area contributed by atoms with E-state index in [0.717, 1.165) is 0 Å². The summed E-state index contributed by atoms with van der Waals surface area (Å²) in [6, 6.07) is 0. The highest BCUT2D eigenvalue weighted by Gasteiger charge is 1.82. The van der Waals surface area contributed by atoms with Crippen molar-refractivity contribution in [3.8, 4) is 0 Å². The second-order valence-corrected chi connectivity index (χ2v) is 1.15. The van der Waals surface area contributed by atoms with Crippen molar-refractivity contribution in [2.24, 2.45) is 0 Å². The van der Waals surface area contributed by atoms with E-state index in [9.17, 15) is 0 Å². The summed E-state index contributed by atoms with van der Waals surface area (Å²) in [7, 11) is 0. The Balaban J connectivity index is 2.08. The molecule has 1 heteroatoms. The Bertz CT molecular complexity index is 15.2. The van der Waals surface area contributed by atoms with Gasteiger partial charge in [-0.2, -0.15) is 6.42 Å². The summed E-state index contributed by atoms with van der Waals surface area (Å²) in [5.41, 5.74) is 0. The van der Waals surface area contributed by atoms with Crippen molar-refractivity contribution in [2.45, 2.75) is 6.42 Å². The van der Waals surface area contributed by atoms with Gasteiger partial charge in [0.25, 0.3) is 0 Å². The fourth-order valence-electron chi connectivity index (χ4n) is 0.417. The molecule has 1 nitrogen and oxygen atoms in total. The van der Waals surface area contributed by atoms with Gasteiger partial charge in [0.15, 0.2) is 0 Å². The first-order valence-electron chi connectivity index (χ1n) is 1.89. The van der Waals surface area contributed by atoms with E-state index >= 15 is 0 Å². The molecule has 0 unspecified atom stereocenters. The molecule has 28 valence electrons. The maximum absolute atomic E-state index is 2.97. The van der Waals surface area contributed by atoms with Crippen molar-refractivity contribution in [3.05, 3.63) is 13.0 Å². The highest BCUT2D eigenvalue weighted by atomic mass is 14.9. The van der Waals surface area contributed by atoms with Crippen LogP contribution in [-0.2, 0) is 0 Å². The van der Waals surface area contributed by atoms with Crippen LogP contribution in [-0.4, -0.2) is 6.54 Å². The first kappa shape index (κ1) is 3.04. The van der Waals surface area contributed by atoms with Crippen LogP contribution in [0.4, 0.5) is 0 Å². The van der Waals surface area contributed by atoms with Crippen LogP contribution in [0.5, 0.6) is 0 Å². The molecule has 2 N–H and O–H groups in total. The van der Waals surface area contributed by atoms with Crippen molar-refractivity contribution in [3.63, 3.8) is 0 Å². The largest absolute Gasteiger partial charge is 0.592 e. The Morgan fingerprint density at radius 2 is 2.80 bits per heavy atom. The molecule has 0 bridgehead atoms. The summed E-state index contributed by atoms with van der Waals surface area (Å²) < 4.78 is 0. The molecule has 0 spiro atoms. The van der Waals surface area contributed by atoms with E-state index in [0.29, 0.717) is 0 Å². The number of hydrogen-bond donors (Lipinski definition) is 1. The third-order valence-electron chi connectivity index (χ3n) is 0.691. The summed E-state index contributed by atoms with van der Waals surface area (Å²) in [5, 5.41) is 2.06. The van der Waals surface area contributed by atoms with Gasteiger partial charge in [0.05, 0.1) is 13.0 Å². The van der Waals surface area contributed by atoms with Gasteiger partial charge in [-0.15, -0.1) is 0 Å². The molecule has 0 amide bonds. The third kappa shape index (κ3) is 0.550. The molecule has 5 heavy (non-hydrogen) atoms. The fourth-order valence-corrected chi connectivity index (χ4v) is 0.417. The zero-order chi connectivity index (χ0) is 3.54. The van der Waals surface area contributed by atoms with Crippen LogP contribution in [0.15, 0.2) is 0 Å². The fraction of sp³-hybridized carbons (Fsp3) is 0.500. The lowest BCUT2D eigenvalue weighted by atomic mass is 10.4. The number of quaternary nitrogens is 1. The average Bonchev–Trinajstić information content (AvgIpc) is 1.76. The maximum Gasteiger partial charge on any atom is 0.0848 e. The minimum Gasteiger partial charge on any atom is -0.592 e. The summed E-state index contributed by atoms with van der Waals surface area (Å²) >= 11 is 0. The Hall–Kier alpha value is -0.170. The van der Waals surface area contributed by atoms with Gasteiger partial charge in [0.1, 0.15) is 0 Å². The van der Waals surface area contributed by atoms with E-state index in [4.69, 9.17) is 0 Å². The van der Waals surface area contributed by atoms with Gasteiger partial charge in [-0.1, -0.05) is 0 Å². The maximum atomic E-state index is 2.97. The Labute approximate surface area is 32.4 Å². The molecular formula is C4H7N. The Morgan fingerprint density at radius 3 is 3.00 bits per heavy atom. The molecule has 0 saturated carbocycles. The van der Waals surface area contributed by atoms with E-state index in [2.05, 4.69) is 18.3 Å². The highest BCUT2D eigenvalue weighted by Crippen LogP contribution is 1.85. The second kappa shape index (κ2) is 1.31. The molecule has 0 aromatic carbocycles. The van der Waals surface area contributed by atoms with Crippen LogP contribution in [0.3, 0.4) is 0 Å². The SMILES string of the molecule is [C-2]1[CH+]CC[NH2+]1. The van der Waals surface area contributed by atoms with Crippen LogP contribution < -0.4 is 5.32 Å². The summed E-state index contributed by atoms with van der Waals surface area (Å²) in [5.74, 6) is 0. The van der Waals surface area contributed by atoms with Crippen molar-refractivity contribution < 1.29 is 5.32 Å². The van der Waals surface area contributed by atoms with Crippen molar-refractivity contribution in [1.82, 2.24) is 0 Å². The molecule has 1 aliphatic heterocycles. The first-order valence-corrected chi connectivity index (χ1v) is 1.89. The molecular weight excluding hydrogens is 62.1 g/mol. The molecule has 0 aromatic rings. The minimum absolute atomic E-state index is 1.21. The van der Waals surface area contributed by atoms with Crippen LogP contribution >= 0.6 is 0 Å². The standard InChI is InChI=1S/C4H7N/c1-2-4-5-3-1/h1H,2,4-5H2. The monoisotopic (exact) mass is 69.1 g/mol. The van der Waals surface area contributed by atoms with Crippen LogP contribution in [0.25, 0.3) is 0 Å². The van der Waals surface area contributed by atoms with Crippen LogP contribution in [0.1, 0.15) is 6.42 Å². The molecule has 1 rings (SSSR count). The van der Waals surface area contributed by atoms with Crippen molar-refractivity contribution in [2.75, 3.05) is 6.54 Å². The lowest BCUT2D eigenvalue weighted by Gasteiger charge is -2.08. The molecule has 0 aromatic heterocycles. The van der Waals surface area contributed by atoms with Crippen molar-refractivity contribution in [1.29, 1.82) is 0 Å². The van der Waals surface area contributed by atoms with Gasteiger partial charge in [-0.25, -0.2) is 0 Å². The number of hydrogen-bond acceptors (Lipinski definition) is 0. The second-order valence-electron chi connectivity index (χ2n) is 1.15. The summed E-state index contributed by atoms with van der Waals surface area (Å²) in [6.45, 7) is 4.18. The zero-order valence-electron chi connectivity index (χ0n) is 3.07. The van der Waals surface area contributed by atoms with E-state index in [1.165, 1.54) is 13.0 Å². The van der Waals surface area contributed by atoms with Gasteiger partial charge in [0.2, 0.25) is 0 Å². The van der Waals surface area contributed by atoms with Crippen molar-refractivity contribution >= 4 is 0 Å². The summed E-state index contributed by atoms with van der Waals surface area (Å²) in [6.07, 6.45) is 3.26. The quantitative estimate of drug-likeness (QED) is 0.358. The molecule has 1 fully saturated rings. The van der Waals surface area contributed by atoms with Crippen LogP contribution in [0.2, 0.25) is 0 Å². The molecule has 1 aliphatic rings. The predicted octanol–water partition coefficient (Wildman–Crippen LogP) is -0.803. The Kier molecular flexibility index (Phi) is 0.799. The number of nitrogens with two attached hydrogens (primary N) is 1. The smallest absolute Gasteiger partial charge is 0.0848 e. The molecule has 0 atom stereocenters. The first-order chi connectivity index (χ1) is 2.50. The molecule has 1 heterocycles. The molecule has 0 radical (unpaired) electrons. The van der Waals surface area contributed by atoms with E-state index in [1.807, 2.05) is 0 Å². The van der Waals surface area contributed by atoms with Crippen LogP contribution in [0, 0.1) is 13.0 Å². The van der Waals surface area contributed by atoms with Gasteiger partial charge >= 0.3 is 0 Å². The lowest BCUT2D eigenvalue weighted by molar-refractivity contribution is -0.598. The molecule has 0 aliphatic carbocycles. The topological polar surface area (TPSA) is 16.6 Å². The van der Waals surface area contributed by atoms with E-state index in [-0.39, 0.29) is 0 Å². The third-order valence-corrected chi connectivity index (χ3v) is 0.691. The normalized spacial score (nSPS) is 22.4. The Morgan fingerprint density at radius 1 is 1.80 bits per heavy atom. The highest BCUT2D eigenvalue weighted by molar-refractivity contribution is 4.75. The van der Waals surface area contributed by atoms with E-state index in [1.54, 1.807) is 0 Å².